The molecular formula is C11H17N3. The van der Waals surface area contributed by atoms with Gasteiger partial charge in [0.15, 0.2) is 5.96 Å². The van der Waals surface area contributed by atoms with Crippen molar-refractivity contribution in [2.45, 2.75) is 20.4 Å². The minimum absolute atomic E-state index is 0.508. The summed E-state index contributed by atoms with van der Waals surface area (Å²) in [6.07, 6.45) is 0. The average Bonchev–Trinajstić information content (AvgIpc) is 2.15. The first kappa shape index (κ1) is 10.6. The number of rotatable bonds is 3. The van der Waals surface area contributed by atoms with Gasteiger partial charge in [-0.25, -0.2) is 4.99 Å². The van der Waals surface area contributed by atoms with Crippen molar-refractivity contribution < 1.29 is 0 Å². The highest BCUT2D eigenvalue weighted by molar-refractivity contribution is 5.77. The topological polar surface area (TPSA) is 50.4 Å². The van der Waals surface area contributed by atoms with Gasteiger partial charge in [0.1, 0.15) is 0 Å². The molecule has 0 saturated carbocycles. The lowest BCUT2D eigenvalue weighted by Crippen LogP contribution is -2.31. The number of guanidine groups is 1. The first-order valence-electron chi connectivity index (χ1n) is 4.81. The molecule has 0 aliphatic carbocycles. The Morgan fingerprint density at radius 1 is 1.50 bits per heavy atom. The fourth-order valence-corrected chi connectivity index (χ4v) is 1.22. The van der Waals surface area contributed by atoms with Crippen molar-refractivity contribution in [3.05, 3.63) is 35.4 Å². The summed E-state index contributed by atoms with van der Waals surface area (Å²) in [5.41, 5.74) is 8.04. The first-order chi connectivity index (χ1) is 6.72. The zero-order valence-electron chi connectivity index (χ0n) is 8.75. The van der Waals surface area contributed by atoms with Crippen LogP contribution < -0.4 is 11.1 Å². The highest BCUT2D eigenvalue weighted by Crippen LogP contribution is 2.04. The standard InChI is InChI=1S/C11H17N3/c1-3-13-11(12)14-8-10-6-4-5-9(2)7-10/h4-7H,3,8H2,1-2H3,(H3,12,13,14). The van der Waals surface area contributed by atoms with Gasteiger partial charge >= 0.3 is 0 Å². The summed E-state index contributed by atoms with van der Waals surface area (Å²) < 4.78 is 0. The normalized spacial score (nSPS) is 11.4. The minimum Gasteiger partial charge on any atom is -0.370 e. The van der Waals surface area contributed by atoms with Crippen LogP contribution in [0.2, 0.25) is 0 Å². The Morgan fingerprint density at radius 3 is 2.93 bits per heavy atom. The molecule has 0 aliphatic rings. The van der Waals surface area contributed by atoms with Crippen molar-refractivity contribution in [1.82, 2.24) is 5.32 Å². The second-order valence-electron chi connectivity index (χ2n) is 3.22. The third-order valence-corrected chi connectivity index (χ3v) is 1.87. The van der Waals surface area contributed by atoms with Gasteiger partial charge in [-0.05, 0) is 19.4 Å². The van der Waals surface area contributed by atoms with Gasteiger partial charge < -0.3 is 11.1 Å². The lowest BCUT2D eigenvalue weighted by molar-refractivity contribution is 0.925. The van der Waals surface area contributed by atoms with Crippen LogP contribution in [0, 0.1) is 6.92 Å². The quantitative estimate of drug-likeness (QED) is 0.561. The van der Waals surface area contributed by atoms with Crippen LogP contribution in [0.15, 0.2) is 29.3 Å². The van der Waals surface area contributed by atoms with Crippen LogP contribution in [0.4, 0.5) is 0 Å². The van der Waals surface area contributed by atoms with E-state index < -0.39 is 0 Å². The Hall–Kier alpha value is -1.51. The maximum atomic E-state index is 5.61. The van der Waals surface area contributed by atoms with E-state index >= 15 is 0 Å². The van der Waals surface area contributed by atoms with Crippen LogP contribution in [-0.2, 0) is 6.54 Å². The lowest BCUT2D eigenvalue weighted by Gasteiger charge is -2.02. The lowest BCUT2D eigenvalue weighted by atomic mass is 10.1. The summed E-state index contributed by atoms with van der Waals surface area (Å²) in [7, 11) is 0. The summed E-state index contributed by atoms with van der Waals surface area (Å²) in [5.74, 6) is 0.508. The average molecular weight is 191 g/mol. The molecule has 0 spiro atoms. The van der Waals surface area contributed by atoms with E-state index in [-0.39, 0.29) is 0 Å². The maximum absolute atomic E-state index is 5.61. The number of hydrogen-bond acceptors (Lipinski definition) is 1. The molecular weight excluding hydrogens is 174 g/mol. The Labute approximate surface area is 85.0 Å². The summed E-state index contributed by atoms with van der Waals surface area (Å²) in [5, 5.41) is 2.96. The van der Waals surface area contributed by atoms with E-state index in [0.29, 0.717) is 12.5 Å². The zero-order valence-corrected chi connectivity index (χ0v) is 8.75. The smallest absolute Gasteiger partial charge is 0.188 e. The van der Waals surface area contributed by atoms with Gasteiger partial charge in [-0.2, -0.15) is 0 Å². The Kier molecular flexibility index (Phi) is 3.98. The zero-order chi connectivity index (χ0) is 10.4. The molecule has 1 rings (SSSR count). The van der Waals surface area contributed by atoms with Crippen LogP contribution >= 0.6 is 0 Å². The molecule has 0 heterocycles. The summed E-state index contributed by atoms with van der Waals surface area (Å²) >= 11 is 0. The van der Waals surface area contributed by atoms with Crippen molar-refractivity contribution in [2.75, 3.05) is 6.54 Å². The van der Waals surface area contributed by atoms with E-state index in [1.165, 1.54) is 11.1 Å². The predicted octanol–water partition coefficient (Wildman–Crippen LogP) is 1.42. The molecule has 0 fully saturated rings. The number of aryl methyl sites for hydroxylation is 1. The third kappa shape index (κ3) is 3.47. The van der Waals surface area contributed by atoms with E-state index in [0.717, 1.165) is 6.54 Å². The van der Waals surface area contributed by atoms with Crippen LogP contribution in [0.25, 0.3) is 0 Å². The van der Waals surface area contributed by atoms with Gasteiger partial charge in [0.25, 0.3) is 0 Å². The number of nitrogens with zero attached hydrogens (tertiary/aromatic N) is 1. The summed E-state index contributed by atoms with van der Waals surface area (Å²) in [4.78, 5) is 4.21. The molecule has 0 saturated heterocycles. The highest BCUT2D eigenvalue weighted by Gasteiger charge is 1.92. The minimum atomic E-state index is 0.508. The fraction of sp³-hybridized carbons (Fsp3) is 0.364. The van der Waals surface area contributed by atoms with Crippen molar-refractivity contribution in [1.29, 1.82) is 0 Å². The Bertz CT molecular complexity index is 318. The fourth-order valence-electron chi connectivity index (χ4n) is 1.22. The highest BCUT2D eigenvalue weighted by atomic mass is 15.1. The molecule has 76 valence electrons. The van der Waals surface area contributed by atoms with Gasteiger partial charge in [-0.3, -0.25) is 0 Å². The summed E-state index contributed by atoms with van der Waals surface area (Å²) in [6, 6.07) is 8.27. The Balaban J connectivity index is 2.57. The van der Waals surface area contributed by atoms with Crippen LogP contribution in [0.5, 0.6) is 0 Å². The number of benzene rings is 1. The molecule has 0 aliphatic heterocycles. The molecule has 0 aromatic heterocycles. The van der Waals surface area contributed by atoms with Gasteiger partial charge in [-0.15, -0.1) is 0 Å². The second-order valence-corrected chi connectivity index (χ2v) is 3.22. The number of hydrogen-bond donors (Lipinski definition) is 2. The van der Waals surface area contributed by atoms with Crippen molar-refractivity contribution in [3.63, 3.8) is 0 Å². The number of nitrogens with two attached hydrogens (primary N) is 1. The van der Waals surface area contributed by atoms with E-state index in [1.807, 2.05) is 13.0 Å². The van der Waals surface area contributed by atoms with Crippen molar-refractivity contribution in [3.8, 4) is 0 Å². The second kappa shape index (κ2) is 5.27. The third-order valence-electron chi connectivity index (χ3n) is 1.87. The first-order valence-corrected chi connectivity index (χ1v) is 4.81. The Morgan fingerprint density at radius 2 is 2.29 bits per heavy atom. The van der Waals surface area contributed by atoms with Crippen molar-refractivity contribution in [2.24, 2.45) is 10.7 Å². The molecule has 0 radical (unpaired) electrons. The van der Waals surface area contributed by atoms with E-state index in [4.69, 9.17) is 5.73 Å². The molecule has 0 unspecified atom stereocenters. The molecule has 1 aromatic rings. The van der Waals surface area contributed by atoms with Gasteiger partial charge in [0.2, 0.25) is 0 Å². The molecule has 0 atom stereocenters. The van der Waals surface area contributed by atoms with E-state index in [2.05, 4.69) is 35.4 Å². The molecule has 0 bridgehead atoms. The van der Waals surface area contributed by atoms with E-state index in [9.17, 15) is 0 Å². The molecule has 1 aromatic carbocycles. The molecule has 3 N–H and O–H groups in total. The largest absolute Gasteiger partial charge is 0.370 e. The van der Waals surface area contributed by atoms with Crippen LogP contribution in [0.3, 0.4) is 0 Å². The molecule has 3 nitrogen and oxygen atoms in total. The van der Waals surface area contributed by atoms with Crippen LogP contribution in [0.1, 0.15) is 18.1 Å². The maximum Gasteiger partial charge on any atom is 0.188 e. The van der Waals surface area contributed by atoms with Gasteiger partial charge in [0, 0.05) is 6.54 Å². The van der Waals surface area contributed by atoms with E-state index in [1.54, 1.807) is 0 Å². The molecule has 3 heteroatoms. The predicted molar refractivity (Wildman–Crippen MR) is 60.2 cm³/mol. The number of nitrogens with one attached hydrogen (secondary N) is 1. The SMILES string of the molecule is CCNC(N)=NCc1cccc(C)c1. The molecule has 14 heavy (non-hydrogen) atoms. The van der Waals surface area contributed by atoms with Crippen LogP contribution in [-0.4, -0.2) is 12.5 Å². The van der Waals surface area contributed by atoms with Gasteiger partial charge in [0.05, 0.1) is 6.54 Å². The summed E-state index contributed by atoms with van der Waals surface area (Å²) in [6.45, 7) is 5.51. The monoisotopic (exact) mass is 191 g/mol. The van der Waals surface area contributed by atoms with Crippen molar-refractivity contribution >= 4 is 5.96 Å². The number of aliphatic imine (C=N–C) groups is 1. The molecule has 0 amide bonds. The van der Waals surface area contributed by atoms with Gasteiger partial charge in [-0.1, -0.05) is 29.8 Å².